The average molecular weight is 347 g/mol. The topological polar surface area (TPSA) is 58.6 Å². The zero-order valence-electron chi connectivity index (χ0n) is 12.9. The number of amides is 2. The average Bonchev–Trinajstić information content (AvgIpc) is 2.45. The normalized spacial score (nSPS) is 10.5. The Morgan fingerprint density at radius 3 is 2.59 bits per heavy atom. The molecule has 122 valence electrons. The molecule has 1 N–H and O–H groups in total. The van der Waals surface area contributed by atoms with E-state index in [1.54, 1.807) is 25.1 Å². The third-order valence-electron chi connectivity index (χ3n) is 2.79. The predicted molar refractivity (Wildman–Crippen MR) is 87.5 cm³/mol. The van der Waals surface area contributed by atoms with Gasteiger partial charge in [-0.25, -0.2) is 0 Å². The predicted octanol–water partition coefficient (Wildman–Crippen LogP) is 2.75. The van der Waals surface area contributed by atoms with Crippen molar-refractivity contribution in [1.29, 1.82) is 0 Å². The van der Waals surface area contributed by atoms with Gasteiger partial charge in [-0.2, -0.15) is 0 Å². The highest BCUT2D eigenvalue weighted by Crippen LogP contribution is 2.31. The molecule has 0 aliphatic carbocycles. The summed E-state index contributed by atoms with van der Waals surface area (Å²) in [5, 5.41) is 3.36. The van der Waals surface area contributed by atoms with Crippen molar-refractivity contribution in [2.45, 2.75) is 26.8 Å². The molecule has 0 fully saturated rings. The maximum Gasteiger partial charge on any atom is 0.260 e. The van der Waals surface area contributed by atoms with Crippen LogP contribution in [0.2, 0.25) is 10.0 Å². The first-order valence-electron chi connectivity index (χ1n) is 6.99. The summed E-state index contributed by atoms with van der Waals surface area (Å²) in [6.45, 7) is 5.73. The van der Waals surface area contributed by atoms with Gasteiger partial charge in [0, 0.05) is 12.6 Å². The van der Waals surface area contributed by atoms with Crippen LogP contribution in [-0.4, -0.2) is 42.5 Å². The minimum Gasteiger partial charge on any atom is -0.482 e. The van der Waals surface area contributed by atoms with Crippen LogP contribution in [0.15, 0.2) is 18.2 Å². The van der Waals surface area contributed by atoms with Crippen molar-refractivity contribution in [1.82, 2.24) is 10.2 Å². The van der Waals surface area contributed by atoms with E-state index >= 15 is 0 Å². The number of rotatable bonds is 7. The Morgan fingerprint density at radius 2 is 2.00 bits per heavy atom. The molecule has 1 aromatic carbocycles. The van der Waals surface area contributed by atoms with Crippen LogP contribution in [-0.2, 0) is 9.59 Å². The summed E-state index contributed by atoms with van der Waals surface area (Å²) in [6.07, 6.45) is 0. The summed E-state index contributed by atoms with van der Waals surface area (Å²) in [6, 6.07) is 4.97. The Morgan fingerprint density at radius 1 is 1.32 bits per heavy atom. The molecule has 1 aromatic rings. The van der Waals surface area contributed by atoms with Gasteiger partial charge in [0.15, 0.2) is 6.61 Å². The van der Waals surface area contributed by atoms with Crippen LogP contribution in [0.4, 0.5) is 0 Å². The molecule has 1 rings (SSSR count). The van der Waals surface area contributed by atoms with Gasteiger partial charge in [-0.05, 0) is 32.9 Å². The molecule has 0 heterocycles. The summed E-state index contributed by atoms with van der Waals surface area (Å²) >= 11 is 11.9. The molecule has 5 nitrogen and oxygen atoms in total. The number of nitrogens with zero attached hydrogens (tertiary/aromatic N) is 1. The van der Waals surface area contributed by atoms with Crippen molar-refractivity contribution >= 4 is 35.0 Å². The minimum absolute atomic E-state index is 0.000150. The van der Waals surface area contributed by atoms with Crippen LogP contribution in [0.1, 0.15) is 20.8 Å². The Kier molecular flexibility index (Phi) is 7.48. The summed E-state index contributed by atoms with van der Waals surface area (Å²) in [5.41, 5.74) is 0. The van der Waals surface area contributed by atoms with E-state index in [0.717, 1.165) is 0 Å². The quantitative estimate of drug-likeness (QED) is 0.825. The van der Waals surface area contributed by atoms with Crippen LogP contribution < -0.4 is 10.1 Å². The van der Waals surface area contributed by atoms with Gasteiger partial charge >= 0.3 is 0 Å². The zero-order valence-corrected chi connectivity index (χ0v) is 14.4. The number of nitrogens with one attached hydrogen (secondary N) is 1. The maximum atomic E-state index is 12.1. The molecule has 0 saturated heterocycles. The van der Waals surface area contributed by atoms with Crippen molar-refractivity contribution < 1.29 is 14.3 Å². The molecule has 0 radical (unpaired) electrons. The number of hydrogen-bond acceptors (Lipinski definition) is 3. The van der Waals surface area contributed by atoms with Gasteiger partial charge < -0.3 is 15.0 Å². The van der Waals surface area contributed by atoms with E-state index < -0.39 is 0 Å². The van der Waals surface area contributed by atoms with Crippen LogP contribution in [0.25, 0.3) is 0 Å². The second-order valence-electron chi connectivity index (χ2n) is 4.97. The van der Waals surface area contributed by atoms with Gasteiger partial charge in [-0.3, -0.25) is 9.59 Å². The lowest BCUT2D eigenvalue weighted by Gasteiger charge is -2.21. The number of hydrogen-bond donors (Lipinski definition) is 1. The molecule has 0 saturated carbocycles. The van der Waals surface area contributed by atoms with Gasteiger partial charge in [0.25, 0.3) is 5.91 Å². The van der Waals surface area contributed by atoms with E-state index in [1.807, 2.05) is 13.8 Å². The lowest BCUT2D eigenvalue weighted by Crippen LogP contribution is -2.44. The zero-order chi connectivity index (χ0) is 16.7. The van der Waals surface area contributed by atoms with E-state index in [2.05, 4.69) is 5.32 Å². The molecule has 0 spiro atoms. The van der Waals surface area contributed by atoms with Crippen molar-refractivity contribution in [2.75, 3.05) is 19.7 Å². The maximum absolute atomic E-state index is 12.1. The first-order chi connectivity index (χ1) is 10.3. The van der Waals surface area contributed by atoms with Gasteiger partial charge in [0.2, 0.25) is 5.91 Å². The van der Waals surface area contributed by atoms with Crippen molar-refractivity contribution in [3.8, 4) is 5.75 Å². The third kappa shape index (κ3) is 5.73. The minimum atomic E-state index is -0.294. The van der Waals surface area contributed by atoms with E-state index in [9.17, 15) is 9.59 Å². The third-order valence-corrected chi connectivity index (χ3v) is 3.59. The Hall–Kier alpha value is -1.46. The summed E-state index contributed by atoms with van der Waals surface area (Å²) in [7, 11) is 0. The number of carbonyl (C=O) groups excluding carboxylic acids is 2. The van der Waals surface area contributed by atoms with E-state index in [1.165, 1.54) is 4.90 Å². The van der Waals surface area contributed by atoms with E-state index in [4.69, 9.17) is 27.9 Å². The first-order valence-corrected chi connectivity index (χ1v) is 7.74. The summed E-state index contributed by atoms with van der Waals surface area (Å²) < 4.78 is 5.39. The summed E-state index contributed by atoms with van der Waals surface area (Å²) in [5.74, 6) is -0.159. The molecule has 22 heavy (non-hydrogen) atoms. The van der Waals surface area contributed by atoms with Crippen LogP contribution >= 0.6 is 23.2 Å². The lowest BCUT2D eigenvalue weighted by atomic mass is 10.3. The van der Waals surface area contributed by atoms with Crippen molar-refractivity contribution in [3.63, 3.8) is 0 Å². The second kappa shape index (κ2) is 8.86. The highest BCUT2D eigenvalue weighted by Gasteiger charge is 2.17. The Labute approximate surface area is 140 Å². The summed E-state index contributed by atoms with van der Waals surface area (Å²) in [4.78, 5) is 25.2. The van der Waals surface area contributed by atoms with Crippen LogP contribution in [0.5, 0.6) is 5.75 Å². The lowest BCUT2D eigenvalue weighted by molar-refractivity contribution is -0.137. The van der Waals surface area contributed by atoms with Gasteiger partial charge in [0.1, 0.15) is 10.8 Å². The van der Waals surface area contributed by atoms with E-state index in [0.29, 0.717) is 17.3 Å². The molecule has 0 unspecified atom stereocenters. The van der Waals surface area contributed by atoms with Crippen LogP contribution in [0, 0.1) is 0 Å². The molecule has 0 bridgehead atoms. The standard InChI is InChI=1S/C15H20Cl2N2O3/c1-4-19(8-13(20)18-10(2)3)14(21)9-22-12-7-5-6-11(16)15(12)17/h5-7,10H,4,8-9H2,1-3H3,(H,18,20). The van der Waals surface area contributed by atoms with Gasteiger partial charge in [-0.15, -0.1) is 0 Å². The smallest absolute Gasteiger partial charge is 0.260 e. The van der Waals surface area contributed by atoms with Gasteiger partial charge in [0.05, 0.1) is 11.6 Å². The second-order valence-corrected chi connectivity index (χ2v) is 5.76. The molecule has 0 aliphatic rings. The molecule has 0 aromatic heterocycles. The number of ether oxygens (including phenoxy) is 1. The fraction of sp³-hybridized carbons (Fsp3) is 0.467. The van der Waals surface area contributed by atoms with Crippen LogP contribution in [0.3, 0.4) is 0 Å². The first kappa shape index (κ1) is 18.6. The monoisotopic (exact) mass is 346 g/mol. The highest BCUT2D eigenvalue weighted by atomic mass is 35.5. The Bertz CT molecular complexity index is 536. The number of likely N-dealkylation sites (N-methyl/N-ethyl adjacent to an activating group) is 1. The molecule has 0 aliphatic heterocycles. The van der Waals surface area contributed by atoms with Crippen molar-refractivity contribution in [2.24, 2.45) is 0 Å². The van der Waals surface area contributed by atoms with Gasteiger partial charge in [-0.1, -0.05) is 29.3 Å². The fourth-order valence-corrected chi connectivity index (χ4v) is 2.09. The molecule has 0 atom stereocenters. The number of halogens is 2. The molecular weight excluding hydrogens is 327 g/mol. The fourth-order valence-electron chi connectivity index (χ4n) is 1.74. The number of carbonyl (C=O) groups is 2. The van der Waals surface area contributed by atoms with Crippen molar-refractivity contribution in [3.05, 3.63) is 28.2 Å². The van der Waals surface area contributed by atoms with E-state index in [-0.39, 0.29) is 36.0 Å². The molecular formula is C15H20Cl2N2O3. The Balaban J connectivity index is 2.58. The number of benzene rings is 1. The molecule has 2 amide bonds. The highest BCUT2D eigenvalue weighted by molar-refractivity contribution is 6.42. The molecule has 7 heteroatoms. The largest absolute Gasteiger partial charge is 0.482 e. The SMILES string of the molecule is CCN(CC(=O)NC(C)C)C(=O)COc1cccc(Cl)c1Cl.